The molecule has 2 rings (SSSR count). The zero-order valence-corrected chi connectivity index (χ0v) is 20.3. The summed E-state index contributed by atoms with van der Waals surface area (Å²) < 4.78 is 0. The lowest BCUT2D eigenvalue weighted by Gasteiger charge is -2.31. The molecule has 1 aromatic carbocycles. The van der Waals surface area contributed by atoms with Gasteiger partial charge < -0.3 is 10.6 Å². The first-order chi connectivity index (χ1) is 16.3. The van der Waals surface area contributed by atoms with Gasteiger partial charge in [-0.25, -0.2) is 10.0 Å². The molecule has 8 heteroatoms. The van der Waals surface area contributed by atoms with E-state index in [1.54, 1.807) is 31.3 Å². The van der Waals surface area contributed by atoms with Gasteiger partial charge in [0.2, 0.25) is 18.2 Å². The first-order valence-corrected chi connectivity index (χ1v) is 11.7. The number of hydrogen-bond acceptors (Lipinski definition) is 5. The monoisotopic (exact) mass is 468 g/mol. The fourth-order valence-electron chi connectivity index (χ4n) is 3.94. The molecule has 0 spiro atoms. The molecule has 184 valence electrons. The van der Waals surface area contributed by atoms with Gasteiger partial charge in [-0.3, -0.25) is 19.6 Å². The van der Waals surface area contributed by atoms with Crippen molar-refractivity contribution in [1.29, 1.82) is 0 Å². The Bertz CT molecular complexity index is 910. The smallest absolute Gasteiger partial charge is 0.248 e. The van der Waals surface area contributed by atoms with Crippen LogP contribution in [-0.4, -0.2) is 45.6 Å². The van der Waals surface area contributed by atoms with Crippen molar-refractivity contribution < 1.29 is 19.6 Å². The molecule has 1 aromatic heterocycles. The average molecular weight is 469 g/mol. The van der Waals surface area contributed by atoms with Gasteiger partial charge in [0, 0.05) is 6.20 Å². The maximum absolute atomic E-state index is 13.4. The summed E-state index contributed by atoms with van der Waals surface area (Å²) in [6.45, 7) is 7.49. The summed E-state index contributed by atoms with van der Waals surface area (Å²) in [4.78, 5) is 41.8. The zero-order chi connectivity index (χ0) is 25.1. The number of nitrogens with one attached hydrogen (secondary N) is 2. The third kappa shape index (κ3) is 7.95. The second-order valence-corrected chi connectivity index (χ2v) is 8.94. The predicted molar refractivity (Wildman–Crippen MR) is 131 cm³/mol. The lowest BCUT2D eigenvalue weighted by atomic mass is 9.85. The van der Waals surface area contributed by atoms with Crippen LogP contribution in [0.4, 0.5) is 5.82 Å². The first kappa shape index (κ1) is 27.0. The number of carbonyl (C=O) groups excluding carboxylic acids is 3. The Kier molecular flexibility index (Phi) is 10.7. The van der Waals surface area contributed by atoms with Crippen molar-refractivity contribution in [2.45, 2.75) is 59.0 Å². The number of amides is 3. The molecule has 0 radical (unpaired) electrons. The van der Waals surface area contributed by atoms with Gasteiger partial charge in [-0.1, -0.05) is 63.6 Å². The van der Waals surface area contributed by atoms with Crippen LogP contribution in [0.3, 0.4) is 0 Å². The first-order valence-electron chi connectivity index (χ1n) is 11.7. The fraction of sp³-hybridized carbons (Fsp3) is 0.462. The van der Waals surface area contributed by atoms with Crippen molar-refractivity contribution in [3.8, 4) is 0 Å². The third-order valence-electron chi connectivity index (χ3n) is 6.24. The van der Waals surface area contributed by atoms with Crippen LogP contribution >= 0.6 is 0 Å². The van der Waals surface area contributed by atoms with Crippen LogP contribution in [-0.2, 0) is 20.8 Å². The lowest BCUT2D eigenvalue weighted by molar-refractivity contribution is -0.166. The molecule has 0 saturated carbocycles. The molecular formula is C26H36N4O4. The Morgan fingerprint density at radius 1 is 1.06 bits per heavy atom. The number of anilines is 1. The molecule has 0 aliphatic rings. The third-order valence-corrected chi connectivity index (χ3v) is 6.24. The minimum atomic E-state index is -0.790. The summed E-state index contributed by atoms with van der Waals surface area (Å²) in [6, 6.07) is 13.6. The van der Waals surface area contributed by atoms with Crippen LogP contribution in [0.25, 0.3) is 0 Å². The summed E-state index contributed by atoms with van der Waals surface area (Å²) in [5.74, 6) is -1.08. The lowest BCUT2D eigenvalue weighted by Crippen LogP contribution is -2.52. The second-order valence-electron chi connectivity index (χ2n) is 8.94. The molecule has 0 aliphatic carbocycles. The Balaban J connectivity index is 2.18. The molecule has 3 amide bonds. The van der Waals surface area contributed by atoms with Crippen molar-refractivity contribution >= 4 is 24.0 Å². The van der Waals surface area contributed by atoms with Crippen molar-refractivity contribution in [2.75, 3.05) is 5.32 Å². The molecule has 5 atom stereocenters. The van der Waals surface area contributed by atoms with Gasteiger partial charge in [-0.15, -0.1) is 0 Å². The molecule has 0 aliphatic heterocycles. The van der Waals surface area contributed by atoms with E-state index >= 15 is 0 Å². The predicted octanol–water partition coefficient (Wildman–Crippen LogP) is 3.67. The van der Waals surface area contributed by atoms with E-state index in [9.17, 15) is 19.6 Å². The van der Waals surface area contributed by atoms with E-state index in [-0.39, 0.29) is 23.7 Å². The van der Waals surface area contributed by atoms with Gasteiger partial charge in [0.05, 0.1) is 12.0 Å². The highest BCUT2D eigenvalue weighted by Crippen LogP contribution is 2.23. The Morgan fingerprint density at radius 3 is 2.32 bits per heavy atom. The Hall–Kier alpha value is -3.26. The number of pyridine rings is 1. The normalized spacial score (nSPS) is 15.3. The van der Waals surface area contributed by atoms with Crippen LogP contribution in [0.2, 0.25) is 0 Å². The molecule has 0 saturated heterocycles. The summed E-state index contributed by atoms with van der Waals surface area (Å²) >= 11 is 0. The van der Waals surface area contributed by atoms with E-state index in [0.29, 0.717) is 30.1 Å². The topological polar surface area (TPSA) is 112 Å². The summed E-state index contributed by atoms with van der Waals surface area (Å²) in [7, 11) is 0. The van der Waals surface area contributed by atoms with Gasteiger partial charge in [0.1, 0.15) is 11.9 Å². The molecule has 0 fully saturated rings. The maximum atomic E-state index is 13.4. The molecule has 3 N–H and O–H groups in total. The number of hydroxylamine groups is 2. The van der Waals surface area contributed by atoms with E-state index in [2.05, 4.69) is 15.6 Å². The SMILES string of the molecule is CC[C@H](C)[C@H](NC(=O)[C@H](CC(C)Cc1ccccc1)[C@H](C)N(O)C=O)C(=O)Nc1ccccn1. The summed E-state index contributed by atoms with van der Waals surface area (Å²) in [6.07, 6.45) is 3.73. The van der Waals surface area contributed by atoms with Crippen LogP contribution < -0.4 is 10.6 Å². The zero-order valence-electron chi connectivity index (χ0n) is 20.3. The highest BCUT2D eigenvalue weighted by atomic mass is 16.5. The van der Waals surface area contributed by atoms with Crippen LogP contribution in [0.5, 0.6) is 0 Å². The van der Waals surface area contributed by atoms with Crippen molar-refractivity contribution in [3.05, 3.63) is 60.3 Å². The molecule has 0 bridgehead atoms. The molecule has 8 nitrogen and oxygen atoms in total. The molecule has 2 aromatic rings. The largest absolute Gasteiger partial charge is 0.344 e. The van der Waals surface area contributed by atoms with Gasteiger partial charge >= 0.3 is 0 Å². The highest BCUT2D eigenvalue weighted by molar-refractivity contribution is 5.97. The molecule has 1 heterocycles. The standard InChI is InChI=1S/C26H36N4O4/c1-5-19(3)24(26(33)28-23-13-9-10-14-27-23)29-25(32)22(20(4)30(34)17-31)16-18(2)15-21-11-7-6-8-12-21/h6-14,17-20,22,24,34H,5,15-16H2,1-4H3,(H,29,32)(H,27,28,33)/t18?,19-,20-,22+,24-/m0/s1. The minimum Gasteiger partial charge on any atom is -0.344 e. The Morgan fingerprint density at radius 2 is 1.74 bits per heavy atom. The van der Waals surface area contributed by atoms with Crippen LogP contribution in [0, 0.1) is 17.8 Å². The van der Waals surface area contributed by atoms with E-state index in [4.69, 9.17) is 0 Å². The molecule has 1 unspecified atom stereocenters. The van der Waals surface area contributed by atoms with Crippen molar-refractivity contribution in [1.82, 2.24) is 15.4 Å². The van der Waals surface area contributed by atoms with Crippen molar-refractivity contribution in [3.63, 3.8) is 0 Å². The second kappa shape index (κ2) is 13.4. The summed E-state index contributed by atoms with van der Waals surface area (Å²) in [5.41, 5.74) is 1.14. The van der Waals surface area contributed by atoms with Crippen LogP contribution in [0.1, 0.15) is 46.1 Å². The molecular weight excluding hydrogens is 432 g/mol. The van der Waals surface area contributed by atoms with Crippen LogP contribution in [0.15, 0.2) is 54.7 Å². The van der Waals surface area contributed by atoms with E-state index in [0.717, 1.165) is 12.0 Å². The van der Waals surface area contributed by atoms with Gasteiger partial charge in [0.15, 0.2) is 0 Å². The molecule has 34 heavy (non-hydrogen) atoms. The van der Waals surface area contributed by atoms with Gasteiger partial charge in [-0.05, 0) is 49.3 Å². The van der Waals surface area contributed by atoms with E-state index in [1.165, 1.54) is 0 Å². The number of rotatable bonds is 13. The van der Waals surface area contributed by atoms with E-state index in [1.807, 2.05) is 51.1 Å². The average Bonchev–Trinajstić information content (AvgIpc) is 2.85. The number of hydrogen-bond donors (Lipinski definition) is 3. The van der Waals surface area contributed by atoms with Crippen molar-refractivity contribution in [2.24, 2.45) is 17.8 Å². The number of benzene rings is 1. The summed E-state index contributed by atoms with van der Waals surface area (Å²) in [5, 5.41) is 16.2. The maximum Gasteiger partial charge on any atom is 0.248 e. The minimum absolute atomic E-state index is 0.102. The fourth-order valence-corrected chi connectivity index (χ4v) is 3.94. The quantitative estimate of drug-likeness (QED) is 0.236. The Labute approximate surface area is 201 Å². The van der Waals surface area contributed by atoms with E-state index < -0.39 is 18.0 Å². The van der Waals surface area contributed by atoms with Gasteiger partial charge in [-0.2, -0.15) is 0 Å². The highest BCUT2D eigenvalue weighted by Gasteiger charge is 2.34. The number of carbonyl (C=O) groups is 3. The number of aromatic nitrogens is 1. The number of nitrogens with zero attached hydrogens (tertiary/aromatic N) is 2. The van der Waals surface area contributed by atoms with Gasteiger partial charge in [0.25, 0.3) is 0 Å².